The van der Waals surface area contributed by atoms with E-state index in [9.17, 15) is 4.79 Å². The Bertz CT molecular complexity index is 623. The number of carbonyl (C=O) groups excluding carboxylic acids is 1. The van der Waals surface area contributed by atoms with Crippen LogP contribution >= 0.6 is 15.9 Å². The summed E-state index contributed by atoms with van der Waals surface area (Å²) in [7, 11) is 0. The first-order chi connectivity index (χ1) is 9.52. The van der Waals surface area contributed by atoms with E-state index in [1.165, 1.54) is 5.56 Å². The SMILES string of the molecule is CCN(C(=O)c1ccc(Br)c(N)c1)c1ccc(C)cc1. The lowest BCUT2D eigenvalue weighted by Gasteiger charge is -2.21. The highest BCUT2D eigenvalue weighted by atomic mass is 79.9. The normalized spacial score (nSPS) is 10.3. The lowest BCUT2D eigenvalue weighted by atomic mass is 10.1. The van der Waals surface area contributed by atoms with Crippen LogP contribution in [-0.2, 0) is 0 Å². The molecule has 2 rings (SSSR count). The van der Waals surface area contributed by atoms with Gasteiger partial charge in [0.1, 0.15) is 0 Å². The molecule has 2 N–H and O–H groups in total. The number of aryl methyl sites for hydroxylation is 1. The van der Waals surface area contributed by atoms with Crippen LogP contribution in [0.4, 0.5) is 11.4 Å². The first-order valence-corrected chi connectivity index (χ1v) is 7.25. The summed E-state index contributed by atoms with van der Waals surface area (Å²) in [4.78, 5) is 14.3. The molecule has 0 aliphatic carbocycles. The second-order valence-corrected chi connectivity index (χ2v) is 5.48. The van der Waals surface area contributed by atoms with E-state index < -0.39 is 0 Å². The molecule has 104 valence electrons. The van der Waals surface area contributed by atoms with Crippen LogP contribution in [0.25, 0.3) is 0 Å². The number of hydrogen-bond acceptors (Lipinski definition) is 2. The molecule has 0 heterocycles. The van der Waals surface area contributed by atoms with Gasteiger partial charge >= 0.3 is 0 Å². The highest BCUT2D eigenvalue weighted by molar-refractivity contribution is 9.10. The second kappa shape index (κ2) is 6.09. The van der Waals surface area contributed by atoms with Crippen molar-refractivity contribution in [1.29, 1.82) is 0 Å². The third kappa shape index (κ3) is 3.02. The van der Waals surface area contributed by atoms with Gasteiger partial charge in [-0.3, -0.25) is 4.79 Å². The van der Waals surface area contributed by atoms with Gasteiger partial charge in [0, 0.05) is 28.0 Å². The zero-order valence-electron chi connectivity index (χ0n) is 11.6. The van der Waals surface area contributed by atoms with E-state index in [-0.39, 0.29) is 5.91 Å². The molecular weight excluding hydrogens is 316 g/mol. The number of halogens is 1. The Hall–Kier alpha value is -1.81. The molecular formula is C16H17BrN2O. The number of nitrogen functional groups attached to an aromatic ring is 1. The molecule has 0 atom stereocenters. The lowest BCUT2D eigenvalue weighted by Crippen LogP contribution is -2.30. The highest BCUT2D eigenvalue weighted by Gasteiger charge is 2.16. The van der Waals surface area contributed by atoms with Crippen molar-refractivity contribution in [1.82, 2.24) is 0 Å². The molecule has 0 spiro atoms. The summed E-state index contributed by atoms with van der Waals surface area (Å²) in [6.45, 7) is 4.59. The van der Waals surface area contributed by atoms with Gasteiger partial charge in [0.25, 0.3) is 5.91 Å². The summed E-state index contributed by atoms with van der Waals surface area (Å²) in [6.07, 6.45) is 0. The summed E-state index contributed by atoms with van der Waals surface area (Å²) in [5.74, 6) is -0.0458. The van der Waals surface area contributed by atoms with E-state index in [1.54, 1.807) is 23.1 Å². The maximum Gasteiger partial charge on any atom is 0.258 e. The number of amides is 1. The monoisotopic (exact) mass is 332 g/mol. The van der Waals surface area contributed by atoms with Crippen molar-refractivity contribution in [2.45, 2.75) is 13.8 Å². The largest absolute Gasteiger partial charge is 0.398 e. The van der Waals surface area contributed by atoms with Gasteiger partial charge in [-0.1, -0.05) is 17.7 Å². The predicted octanol–water partition coefficient (Wildman–Crippen LogP) is 4.01. The van der Waals surface area contributed by atoms with E-state index in [0.29, 0.717) is 17.8 Å². The Morgan fingerprint density at radius 2 is 1.85 bits per heavy atom. The predicted molar refractivity (Wildman–Crippen MR) is 87.1 cm³/mol. The first-order valence-electron chi connectivity index (χ1n) is 6.46. The van der Waals surface area contributed by atoms with Crippen LogP contribution in [0.15, 0.2) is 46.9 Å². The van der Waals surface area contributed by atoms with Gasteiger partial charge in [0.2, 0.25) is 0 Å². The zero-order valence-corrected chi connectivity index (χ0v) is 13.1. The summed E-state index contributed by atoms with van der Waals surface area (Å²) in [6, 6.07) is 13.2. The molecule has 2 aromatic carbocycles. The number of rotatable bonds is 3. The van der Waals surface area contributed by atoms with Crippen LogP contribution in [-0.4, -0.2) is 12.5 Å². The van der Waals surface area contributed by atoms with E-state index >= 15 is 0 Å². The minimum Gasteiger partial charge on any atom is -0.398 e. The van der Waals surface area contributed by atoms with Crippen LogP contribution < -0.4 is 10.6 Å². The molecule has 0 saturated heterocycles. The van der Waals surface area contributed by atoms with Crippen molar-refractivity contribution in [2.24, 2.45) is 0 Å². The van der Waals surface area contributed by atoms with Crippen molar-refractivity contribution in [3.8, 4) is 0 Å². The van der Waals surface area contributed by atoms with E-state index in [4.69, 9.17) is 5.73 Å². The van der Waals surface area contributed by atoms with Crippen LogP contribution in [0, 0.1) is 6.92 Å². The molecule has 0 aromatic heterocycles. The number of benzene rings is 2. The molecule has 2 aromatic rings. The van der Waals surface area contributed by atoms with Crippen molar-refractivity contribution < 1.29 is 4.79 Å². The Labute approximate surface area is 127 Å². The highest BCUT2D eigenvalue weighted by Crippen LogP contribution is 2.23. The van der Waals surface area contributed by atoms with Gasteiger partial charge in [-0.15, -0.1) is 0 Å². The molecule has 0 radical (unpaired) electrons. The Morgan fingerprint density at radius 1 is 1.20 bits per heavy atom. The van der Waals surface area contributed by atoms with Crippen LogP contribution in [0.1, 0.15) is 22.8 Å². The number of carbonyl (C=O) groups is 1. The van der Waals surface area contributed by atoms with Crippen LogP contribution in [0.5, 0.6) is 0 Å². The fourth-order valence-electron chi connectivity index (χ4n) is 2.00. The minimum atomic E-state index is -0.0458. The average Bonchev–Trinajstić information content (AvgIpc) is 2.44. The number of nitrogens with two attached hydrogens (primary N) is 1. The van der Waals surface area contributed by atoms with Crippen molar-refractivity contribution in [3.05, 3.63) is 58.1 Å². The average molecular weight is 333 g/mol. The molecule has 20 heavy (non-hydrogen) atoms. The number of nitrogens with zero attached hydrogens (tertiary/aromatic N) is 1. The third-order valence-corrected chi connectivity index (χ3v) is 3.87. The van der Waals surface area contributed by atoms with E-state index in [0.717, 1.165) is 10.2 Å². The quantitative estimate of drug-likeness (QED) is 0.863. The van der Waals surface area contributed by atoms with Crippen LogP contribution in [0.3, 0.4) is 0 Å². The van der Waals surface area contributed by atoms with E-state index in [1.807, 2.05) is 38.1 Å². The fraction of sp³-hybridized carbons (Fsp3) is 0.188. The van der Waals surface area contributed by atoms with Crippen molar-refractivity contribution >= 4 is 33.2 Å². The molecule has 0 bridgehead atoms. The van der Waals surface area contributed by atoms with Gasteiger partial charge in [-0.2, -0.15) is 0 Å². The molecule has 0 aliphatic heterocycles. The molecule has 4 heteroatoms. The standard InChI is InChI=1S/C16H17BrN2O/c1-3-19(13-7-4-11(2)5-8-13)16(20)12-6-9-14(17)15(18)10-12/h4-10H,3,18H2,1-2H3. The van der Waals surface area contributed by atoms with Gasteiger partial charge in [-0.25, -0.2) is 0 Å². The topological polar surface area (TPSA) is 46.3 Å². The summed E-state index contributed by atoms with van der Waals surface area (Å²) < 4.78 is 0.799. The summed E-state index contributed by atoms with van der Waals surface area (Å²) in [5.41, 5.74) is 9.06. The summed E-state index contributed by atoms with van der Waals surface area (Å²) >= 11 is 3.34. The summed E-state index contributed by atoms with van der Waals surface area (Å²) in [5, 5.41) is 0. The first kappa shape index (κ1) is 14.6. The van der Waals surface area contributed by atoms with Gasteiger partial charge < -0.3 is 10.6 Å². The van der Waals surface area contributed by atoms with E-state index in [2.05, 4.69) is 15.9 Å². The molecule has 0 fully saturated rings. The maximum atomic E-state index is 12.6. The van der Waals surface area contributed by atoms with Crippen molar-refractivity contribution in [2.75, 3.05) is 17.2 Å². The molecule has 0 saturated carbocycles. The van der Waals surface area contributed by atoms with Crippen molar-refractivity contribution in [3.63, 3.8) is 0 Å². The smallest absolute Gasteiger partial charge is 0.258 e. The minimum absolute atomic E-state index is 0.0458. The second-order valence-electron chi connectivity index (χ2n) is 4.62. The third-order valence-electron chi connectivity index (χ3n) is 3.15. The molecule has 1 amide bonds. The number of anilines is 2. The van der Waals surface area contributed by atoms with Gasteiger partial charge in [0.05, 0.1) is 0 Å². The molecule has 3 nitrogen and oxygen atoms in total. The zero-order chi connectivity index (χ0) is 14.7. The lowest BCUT2D eigenvalue weighted by molar-refractivity contribution is 0.0988. The van der Waals surface area contributed by atoms with Crippen LogP contribution in [0.2, 0.25) is 0 Å². The fourth-order valence-corrected chi connectivity index (χ4v) is 2.25. The van der Waals surface area contributed by atoms with Gasteiger partial charge in [-0.05, 0) is 60.1 Å². The Morgan fingerprint density at radius 3 is 2.40 bits per heavy atom. The van der Waals surface area contributed by atoms with Gasteiger partial charge in [0.15, 0.2) is 0 Å². The Kier molecular flexibility index (Phi) is 4.45. The Balaban J connectivity index is 2.33. The molecule has 0 aliphatic rings. The molecule has 0 unspecified atom stereocenters. The maximum absolute atomic E-state index is 12.6. The number of hydrogen-bond donors (Lipinski definition) is 1.